The van der Waals surface area contributed by atoms with Crippen LogP contribution < -0.4 is 16.4 Å². The standard InChI is InChI=1S/C12H21N5O/c1-14-10-8-11(17-12(13)16-10)15-6-5-9-4-2-3-7-18-9/h8-9H,2-7H2,1H3,(H4,13,14,15,16,17). The molecule has 18 heavy (non-hydrogen) atoms. The Morgan fingerprint density at radius 2 is 2.22 bits per heavy atom. The first-order chi connectivity index (χ1) is 8.78. The van der Waals surface area contributed by atoms with E-state index in [4.69, 9.17) is 10.5 Å². The fourth-order valence-electron chi connectivity index (χ4n) is 2.08. The largest absolute Gasteiger partial charge is 0.378 e. The lowest BCUT2D eigenvalue weighted by molar-refractivity contribution is 0.0134. The summed E-state index contributed by atoms with van der Waals surface area (Å²) in [5.41, 5.74) is 5.62. The van der Waals surface area contributed by atoms with E-state index >= 15 is 0 Å². The van der Waals surface area contributed by atoms with Gasteiger partial charge in [-0.15, -0.1) is 0 Å². The van der Waals surface area contributed by atoms with Crippen LogP contribution in [0.3, 0.4) is 0 Å². The van der Waals surface area contributed by atoms with Crippen LogP contribution in [-0.2, 0) is 4.74 Å². The molecule has 2 rings (SSSR count). The van der Waals surface area contributed by atoms with Crippen molar-refractivity contribution in [3.8, 4) is 0 Å². The maximum absolute atomic E-state index is 5.67. The molecule has 1 aromatic rings. The van der Waals surface area contributed by atoms with Crippen LogP contribution in [0.5, 0.6) is 0 Å². The molecule has 0 saturated carbocycles. The van der Waals surface area contributed by atoms with Gasteiger partial charge in [0.2, 0.25) is 5.95 Å². The van der Waals surface area contributed by atoms with E-state index in [0.717, 1.165) is 37.6 Å². The molecule has 2 heterocycles. The molecular weight excluding hydrogens is 230 g/mol. The highest BCUT2D eigenvalue weighted by Crippen LogP contribution is 2.16. The van der Waals surface area contributed by atoms with Crippen molar-refractivity contribution in [3.05, 3.63) is 6.07 Å². The number of rotatable bonds is 5. The predicted octanol–water partition coefficient (Wildman–Crippen LogP) is 1.47. The molecule has 100 valence electrons. The minimum absolute atomic E-state index is 0.276. The zero-order chi connectivity index (χ0) is 12.8. The molecule has 4 N–H and O–H groups in total. The summed E-state index contributed by atoms with van der Waals surface area (Å²) in [5, 5.41) is 6.21. The maximum atomic E-state index is 5.67. The van der Waals surface area contributed by atoms with E-state index in [1.54, 1.807) is 7.05 Å². The Morgan fingerprint density at radius 1 is 1.39 bits per heavy atom. The molecule has 0 aromatic carbocycles. The SMILES string of the molecule is CNc1cc(NCCC2CCCCO2)nc(N)n1. The number of hydrogen-bond acceptors (Lipinski definition) is 6. The van der Waals surface area contributed by atoms with Crippen LogP contribution in [0.4, 0.5) is 17.6 Å². The van der Waals surface area contributed by atoms with Gasteiger partial charge in [0.05, 0.1) is 6.10 Å². The molecule has 1 aliphatic heterocycles. The number of nitrogens with two attached hydrogens (primary N) is 1. The summed E-state index contributed by atoms with van der Waals surface area (Å²) in [5.74, 6) is 1.75. The number of nitrogen functional groups attached to an aromatic ring is 1. The molecule has 6 nitrogen and oxygen atoms in total. The topological polar surface area (TPSA) is 85.1 Å². The molecule has 0 amide bonds. The van der Waals surface area contributed by atoms with Gasteiger partial charge in [0, 0.05) is 26.3 Å². The summed E-state index contributed by atoms with van der Waals surface area (Å²) in [6.07, 6.45) is 5.01. The van der Waals surface area contributed by atoms with Gasteiger partial charge in [-0.25, -0.2) is 0 Å². The zero-order valence-corrected chi connectivity index (χ0v) is 10.8. The molecule has 0 radical (unpaired) electrons. The first-order valence-electron chi connectivity index (χ1n) is 6.45. The minimum atomic E-state index is 0.276. The molecule has 1 aromatic heterocycles. The Kier molecular flexibility index (Phi) is 4.58. The van der Waals surface area contributed by atoms with Crippen LogP contribution in [0.25, 0.3) is 0 Å². The van der Waals surface area contributed by atoms with E-state index in [9.17, 15) is 0 Å². The fourth-order valence-corrected chi connectivity index (χ4v) is 2.08. The summed E-state index contributed by atoms with van der Waals surface area (Å²) >= 11 is 0. The lowest BCUT2D eigenvalue weighted by Gasteiger charge is -2.22. The first-order valence-corrected chi connectivity index (χ1v) is 6.45. The molecule has 1 atom stereocenters. The highest BCUT2D eigenvalue weighted by Gasteiger charge is 2.13. The Hall–Kier alpha value is -1.56. The van der Waals surface area contributed by atoms with E-state index in [1.807, 2.05) is 6.07 Å². The lowest BCUT2D eigenvalue weighted by Crippen LogP contribution is -2.22. The zero-order valence-electron chi connectivity index (χ0n) is 10.8. The molecule has 0 aliphatic carbocycles. The van der Waals surface area contributed by atoms with E-state index < -0.39 is 0 Å². The van der Waals surface area contributed by atoms with Crippen molar-refractivity contribution in [2.75, 3.05) is 36.6 Å². The van der Waals surface area contributed by atoms with Crippen LogP contribution >= 0.6 is 0 Å². The monoisotopic (exact) mass is 251 g/mol. The number of anilines is 3. The lowest BCUT2D eigenvalue weighted by atomic mass is 10.1. The van der Waals surface area contributed by atoms with Crippen LogP contribution in [0.15, 0.2) is 6.07 Å². The molecule has 6 heteroatoms. The predicted molar refractivity (Wildman–Crippen MR) is 72.7 cm³/mol. The average molecular weight is 251 g/mol. The summed E-state index contributed by atoms with van der Waals surface area (Å²) in [4.78, 5) is 8.18. The molecule has 1 saturated heterocycles. The summed E-state index contributed by atoms with van der Waals surface area (Å²) in [6, 6.07) is 1.85. The Labute approximate surface area is 107 Å². The number of hydrogen-bond donors (Lipinski definition) is 3. The van der Waals surface area contributed by atoms with Gasteiger partial charge >= 0.3 is 0 Å². The second-order valence-corrected chi connectivity index (χ2v) is 4.45. The summed E-state index contributed by atoms with van der Waals surface area (Å²) in [7, 11) is 1.81. The average Bonchev–Trinajstić information content (AvgIpc) is 2.39. The van der Waals surface area contributed by atoms with Crippen LogP contribution in [0, 0.1) is 0 Å². The van der Waals surface area contributed by atoms with Gasteiger partial charge in [-0.3, -0.25) is 0 Å². The fraction of sp³-hybridized carbons (Fsp3) is 0.667. The minimum Gasteiger partial charge on any atom is -0.378 e. The Balaban J connectivity index is 1.80. The number of aromatic nitrogens is 2. The smallest absolute Gasteiger partial charge is 0.223 e. The van der Waals surface area contributed by atoms with Crippen LogP contribution in [-0.4, -0.2) is 36.3 Å². The van der Waals surface area contributed by atoms with E-state index in [-0.39, 0.29) is 5.95 Å². The van der Waals surface area contributed by atoms with Crippen molar-refractivity contribution < 1.29 is 4.74 Å². The van der Waals surface area contributed by atoms with Gasteiger partial charge in [-0.2, -0.15) is 9.97 Å². The van der Waals surface area contributed by atoms with Gasteiger partial charge in [0.15, 0.2) is 0 Å². The van der Waals surface area contributed by atoms with Crippen LogP contribution in [0.2, 0.25) is 0 Å². The van der Waals surface area contributed by atoms with Crippen molar-refractivity contribution in [1.82, 2.24) is 9.97 Å². The van der Waals surface area contributed by atoms with Gasteiger partial charge in [-0.05, 0) is 25.7 Å². The van der Waals surface area contributed by atoms with E-state index in [1.165, 1.54) is 12.8 Å². The van der Waals surface area contributed by atoms with Crippen molar-refractivity contribution in [2.45, 2.75) is 31.8 Å². The van der Waals surface area contributed by atoms with Crippen molar-refractivity contribution in [1.29, 1.82) is 0 Å². The number of nitrogens with zero attached hydrogens (tertiary/aromatic N) is 2. The normalized spacial score (nSPS) is 19.5. The highest BCUT2D eigenvalue weighted by atomic mass is 16.5. The number of nitrogens with one attached hydrogen (secondary N) is 2. The Morgan fingerprint density at radius 3 is 2.94 bits per heavy atom. The van der Waals surface area contributed by atoms with Crippen LogP contribution in [0.1, 0.15) is 25.7 Å². The van der Waals surface area contributed by atoms with Gasteiger partial charge in [-0.1, -0.05) is 0 Å². The van der Waals surface area contributed by atoms with Gasteiger partial charge < -0.3 is 21.1 Å². The summed E-state index contributed by atoms with van der Waals surface area (Å²) < 4.78 is 5.67. The van der Waals surface area contributed by atoms with Crippen molar-refractivity contribution >= 4 is 17.6 Å². The quantitative estimate of drug-likeness (QED) is 0.735. The van der Waals surface area contributed by atoms with Gasteiger partial charge in [0.25, 0.3) is 0 Å². The van der Waals surface area contributed by atoms with Crippen molar-refractivity contribution in [2.24, 2.45) is 0 Å². The third-order valence-electron chi connectivity index (χ3n) is 3.05. The highest BCUT2D eigenvalue weighted by molar-refractivity contribution is 5.50. The molecule has 1 unspecified atom stereocenters. The summed E-state index contributed by atoms with van der Waals surface area (Å²) in [6.45, 7) is 1.74. The molecule has 1 aliphatic rings. The Bertz CT molecular complexity index is 379. The molecular formula is C12H21N5O. The van der Waals surface area contributed by atoms with E-state index in [0.29, 0.717) is 6.10 Å². The third kappa shape index (κ3) is 3.73. The molecule has 0 bridgehead atoms. The third-order valence-corrected chi connectivity index (χ3v) is 3.05. The maximum Gasteiger partial charge on any atom is 0.223 e. The van der Waals surface area contributed by atoms with Gasteiger partial charge in [0.1, 0.15) is 11.6 Å². The molecule has 1 fully saturated rings. The second kappa shape index (κ2) is 6.39. The molecule has 0 spiro atoms. The second-order valence-electron chi connectivity index (χ2n) is 4.45. The van der Waals surface area contributed by atoms with E-state index in [2.05, 4.69) is 20.6 Å². The number of ether oxygens (including phenoxy) is 1. The van der Waals surface area contributed by atoms with Crippen molar-refractivity contribution in [3.63, 3.8) is 0 Å². The first kappa shape index (κ1) is 12.9.